The third kappa shape index (κ3) is 1.11. The molecule has 1 aliphatic carbocycles. The van der Waals surface area contributed by atoms with Gasteiger partial charge in [0.1, 0.15) is 5.82 Å². The van der Waals surface area contributed by atoms with E-state index in [2.05, 4.69) is 16.5 Å². The monoisotopic (exact) mass is 190 g/mol. The van der Waals surface area contributed by atoms with Gasteiger partial charge in [0.15, 0.2) is 5.78 Å². The Balaban J connectivity index is 2.06. The van der Waals surface area contributed by atoms with E-state index in [0.717, 1.165) is 12.2 Å². The molecule has 0 N–H and O–H groups in total. The zero-order chi connectivity index (χ0) is 9.71. The maximum absolute atomic E-state index is 11.3. The van der Waals surface area contributed by atoms with Crippen molar-refractivity contribution in [1.29, 1.82) is 0 Å². The molecule has 74 valence electrons. The lowest BCUT2D eigenvalue weighted by atomic mass is 10.1. The van der Waals surface area contributed by atoms with E-state index in [-0.39, 0.29) is 0 Å². The highest BCUT2D eigenvalue weighted by molar-refractivity contribution is 5.79. The van der Waals surface area contributed by atoms with Gasteiger partial charge in [-0.05, 0) is 19.8 Å². The number of hydrogen-bond donors (Lipinski definition) is 0. The van der Waals surface area contributed by atoms with Crippen LogP contribution >= 0.6 is 0 Å². The summed E-state index contributed by atoms with van der Waals surface area (Å²) in [6, 6.07) is 0. The summed E-state index contributed by atoms with van der Waals surface area (Å²) in [5, 5.41) is 0. The highest BCUT2D eigenvalue weighted by atomic mass is 16.1. The number of aryl methyl sites for hydroxylation is 1. The van der Waals surface area contributed by atoms with Crippen molar-refractivity contribution < 1.29 is 4.79 Å². The van der Waals surface area contributed by atoms with Crippen LogP contribution in [0.25, 0.3) is 0 Å². The molecule has 0 amide bonds. The Labute approximate surface area is 83.1 Å². The number of ketones is 1. The van der Waals surface area contributed by atoms with Gasteiger partial charge in [-0.3, -0.25) is 4.79 Å². The molecular weight excluding hydrogens is 176 g/mol. The minimum Gasteiger partial charge on any atom is -0.325 e. The lowest BCUT2D eigenvalue weighted by molar-refractivity contribution is -0.120. The molecule has 2 heterocycles. The molecule has 1 saturated carbocycles. The van der Waals surface area contributed by atoms with E-state index in [0.29, 0.717) is 24.7 Å². The van der Waals surface area contributed by atoms with Crippen LogP contribution in [0, 0.1) is 6.92 Å². The van der Waals surface area contributed by atoms with Gasteiger partial charge in [0, 0.05) is 24.5 Å². The average molecular weight is 190 g/mol. The van der Waals surface area contributed by atoms with E-state index in [1.807, 2.05) is 0 Å². The van der Waals surface area contributed by atoms with Crippen LogP contribution < -0.4 is 0 Å². The Hall–Kier alpha value is -1.12. The van der Waals surface area contributed by atoms with Crippen molar-refractivity contribution in [3.63, 3.8) is 0 Å². The molecule has 0 atom stereocenters. The first kappa shape index (κ1) is 8.21. The van der Waals surface area contributed by atoms with E-state index in [1.165, 1.54) is 24.2 Å². The largest absolute Gasteiger partial charge is 0.325 e. The van der Waals surface area contributed by atoms with Crippen LogP contribution in [0.3, 0.4) is 0 Å². The molecule has 14 heavy (non-hydrogen) atoms. The van der Waals surface area contributed by atoms with Gasteiger partial charge >= 0.3 is 0 Å². The summed E-state index contributed by atoms with van der Waals surface area (Å²) in [5.41, 5.74) is 2.49. The summed E-state index contributed by atoms with van der Waals surface area (Å²) in [4.78, 5) is 16.0. The third-order valence-corrected chi connectivity index (χ3v) is 3.26. The lowest BCUT2D eigenvalue weighted by Crippen LogP contribution is -2.20. The summed E-state index contributed by atoms with van der Waals surface area (Å²) in [7, 11) is 0. The molecule has 2 aliphatic rings. The Kier molecular flexibility index (Phi) is 1.58. The smallest absolute Gasteiger partial charge is 0.153 e. The minimum absolute atomic E-state index is 0.348. The number of carbonyl (C=O) groups excluding carboxylic acids is 1. The van der Waals surface area contributed by atoms with Gasteiger partial charge in [0.05, 0.1) is 12.2 Å². The lowest BCUT2D eigenvalue weighted by Gasteiger charge is -2.13. The molecule has 1 aromatic rings. The molecule has 3 rings (SSSR count). The molecule has 1 aliphatic heterocycles. The fraction of sp³-hybridized carbons (Fsp3) is 0.636. The SMILES string of the molecule is Cc1c(C2CC2)nc2n1CC(=O)CC2. The van der Waals surface area contributed by atoms with Gasteiger partial charge in [-0.1, -0.05) is 0 Å². The van der Waals surface area contributed by atoms with Crippen molar-refractivity contribution in [3.8, 4) is 0 Å². The summed E-state index contributed by atoms with van der Waals surface area (Å²) in [5.74, 6) is 2.17. The standard InChI is InChI=1S/C11H14N2O/c1-7-11(8-2-3-8)12-10-5-4-9(14)6-13(7)10/h8H,2-6H2,1H3. The molecule has 0 saturated heterocycles. The predicted molar refractivity (Wildman–Crippen MR) is 52.3 cm³/mol. The van der Waals surface area contributed by atoms with Crippen molar-refractivity contribution in [2.45, 2.75) is 45.1 Å². The first-order valence-corrected chi connectivity index (χ1v) is 5.33. The van der Waals surface area contributed by atoms with Gasteiger partial charge in [-0.25, -0.2) is 4.98 Å². The molecule has 0 aromatic carbocycles. The quantitative estimate of drug-likeness (QED) is 0.674. The van der Waals surface area contributed by atoms with Crippen LogP contribution in [-0.2, 0) is 17.8 Å². The highest BCUT2D eigenvalue weighted by Gasteiger charge is 2.31. The molecule has 0 radical (unpaired) electrons. The van der Waals surface area contributed by atoms with Gasteiger partial charge in [-0.2, -0.15) is 0 Å². The van der Waals surface area contributed by atoms with Crippen molar-refractivity contribution in [3.05, 3.63) is 17.2 Å². The number of fused-ring (bicyclic) bond motifs is 1. The number of Topliss-reactive ketones (excluding diaryl/α,β-unsaturated/α-hetero) is 1. The van der Waals surface area contributed by atoms with Crippen molar-refractivity contribution in [1.82, 2.24) is 9.55 Å². The Morgan fingerprint density at radius 1 is 1.36 bits per heavy atom. The maximum Gasteiger partial charge on any atom is 0.153 e. The molecule has 1 aromatic heterocycles. The van der Waals surface area contributed by atoms with Crippen LogP contribution in [0.15, 0.2) is 0 Å². The number of carbonyl (C=O) groups is 1. The Morgan fingerprint density at radius 2 is 2.14 bits per heavy atom. The first-order chi connectivity index (χ1) is 6.75. The second-order valence-corrected chi connectivity index (χ2v) is 4.40. The van der Waals surface area contributed by atoms with Crippen LogP contribution in [-0.4, -0.2) is 15.3 Å². The van der Waals surface area contributed by atoms with Crippen molar-refractivity contribution >= 4 is 5.78 Å². The summed E-state index contributed by atoms with van der Waals surface area (Å²) < 4.78 is 2.11. The zero-order valence-electron chi connectivity index (χ0n) is 8.42. The molecule has 3 nitrogen and oxygen atoms in total. The normalized spacial score (nSPS) is 21.1. The number of imidazole rings is 1. The van der Waals surface area contributed by atoms with Gasteiger partial charge in [0.2, 0.25) is 0 Å². The molecule has 3 heteroatoms. The van der Waals surface area contributed by atoms with E-state index < -0.39 is 0 Å². The second kappa shape index (κ2) is 2.69. The van der Waals surface area contributed by atoms with E-state index in [1.54, 1.807) is 0 Å². The Bertz CT molecular complexity index is 402. The first-order valence-electron chi connectivity index (χ1n) is 5.33. The molecule has 0 spiro atoms. The van der Waals surface area contributed by atoms with E-state index in [9.17, 15) is 4.79 Å². The van der Waals surface area contributed by atoms with Crippen molar-refractivity contribution in [2.24, 2.45) is 0 Å². The zero-order valence-corrected chi connectivity index (χ0v) is 8.42. The Morgan fingerprint density at radius 3 is 2.86 bits per heavy atom. The van der Waals surface area contributed by atoms with E-state index >= 15 is 0 Å². The fourth-order valence-electron chi connectivity index (χ4n) is 2.26. The second-order valence-electron chi connectivity index (χ2n) is 4.40. The van der Waals surface area contributed by atoms with Gasteiger partial charge in [-0.15, -0.1) is 0 Å². The van der Waals surface area contributed by atoms with Crippen LogP contribution in [0.1, 0.15) is 42.4 Å². The topological polar surface area (TPSA) is 34.9 Å². The minimum atomic E-state index is 0.348. The van der Waals surface area contributed by atoms with Gasteiger partial charge in [0.25, 0.3) is 0 Å². The average Bonchev–Trinajstić information content (AvgIpc) is 2.95. The molecule has 0 bridgehead atoms. The van der Waals surface area contributed by atoms with Crippen LogP contribution in [0.2, 0.25) is 0 Å². The summed E-state index contributed by atoms with van der Waals surface area (Å²) >= 11 is 0. The van der Waals surface area contributed by atoms with Crippen LogP contribution in [0.4, 0.5) is 0 Å². The number of aromatic nitrogens is 2. The molecule has 0 unspecified atom stereocenters. The number of hydrogen-bond acceptors (Lipinski definition) is 2. The maximum atomic E-state index is 11.3. The van der Waals surface area contributed by atoms with Crippen molar-refractivity contribution in [2.75, 3.05) is 0 Å². The molecule has 1 fully saturated rings. The predicted octanol–water partition coefficient (Wildman–Crippen LogP) is 1.58. The summed E-state index contributed by atoms with van der Waals surface area (Å²) in [6.45, 7) is 2.66. The highest BCUT2D eigenvalue weighted by Crippen LogP contribution is 2.41. The third-order valence-electron chi connectivity index (χ3n) is 3.26. The van der Waals surface area contributed by atoms with Crippen LogP contribution in [0.5, 0.6) is 0 Å². The fourth-order valence-corrected chi connectivity index (χ4v) is 2.26. The van der Waals surface area contributed by atoms with Gasteiger partial charge < -0.3 is 4.57 Å². The molecular formula is C11H14N2O. The van der Waals surface area contributed by atoms with E-state index in [4.69, 9.17) is 0 Å². The number of rotatable bonds is 1. The number of nitrogens with zero attached hydrogens (tertiary/aromatic N) is 2. The summed E-state index contributed by atoms with van der Waals surface area (Å²) in [6.07, 6.45) is 4.09.